The quantitative estimate of drug-likeness (QED) is 0.289. The molecule has 1 aromatic carbocycles. The molecule has 5 heteroatoms. The zero-order chi connectivity index (χ0) is 9.84. The van der Waals surface area contributed by atoms with Gasteiger partial charge in [0.25, 0.3) is 0 Å². The molecule has 0 saturated carbocycles. The van der Waals surface area contributed by atoms with Crippen molar-refractivity contribution in [1.82, 2.24) is 0 Å². The Kier molecular flexibility index (Phi) is 6.49. The van der Waals surface area contributed by atoms with Crippen molar-refractivity contribution in [3.63, 3.8) is 0 Å². The number of hydrogen-bond donors (Lipinski definition) is 0. The van der Waals surface area contributed by atoms with E-state index in [-0.39, 0.29) is 40.1 Å². The summed E-state index contributed by atoms with van der Waals surface area (Å²) in [5.41, 5.74) is 0.276. The maximum atomic E-state index is 11.2. The van der Waals surface area contributed by atoms with Crippen LogP contribution in [0.25, 0.3) is 0 Å². The SMILES string of the molecule is O=C(/C=C/[O-])c1ccc(Cl)cc1Cl.[Na+]. The van der Waals surface area contributed by atoms with Crippen molar-refractivity contribution in [2.75, 3.05) is 0 Å². The minimum absolute atomic E-state index is 0. The molecule has 0 N–H and O–H groups in total. The summed E-state index contributed by atoms with van der Waals surface area (Å²) in [4.78, 5) is 11.2. The van der Waals surface area contributed by atoms with E-state index in [1.54, 1.807) is 6.07 Å². The van der Waals surface area contributed by atoms with E-state index in [0.29, 0.717) is 11.3 Å². The van der Waals surface area contributed by atoms with Crippen LogP contribution in [0.3, 0.4) is 0 Å². The van der Waals surface area contributed by atoms with Crippen LogP contribution in [-0.4, -0.2) is 5.78 Å². The van der Waals surface area contributed by atoms with Gasteiger partial charge in [-0.3, -0.25) is 4.79 Å². The summed E-state index contributed by atoms with van der Waals surface area (Å²) in [6.45, 7) is 0. The van der Waals surface area contributed by atoms with Crippen molar-refractivity contribution in [3.05, 3.63) is 46.1 Å². The van der Waals surface area contributed by atoms with Crippen LogP contribution in [0.5, 0.6) is 0 Å². The van der Waals surface area contributed by atoms with Crippen LogP contribution >= 0.6 is 23.2 Å². The second-order valence-electron chi connectivity index (χ2n) is 2.29. The standard InChI is InChI=1S/C9H6Cl2O2.Na/c10-6-1-2-7(8(11)5-6)9(13)3-4-12;/h1-5,12H;/q;+1/p-1/b4-3+;. The van der Waals surface area contributed by atoms with Gasteiger partial charge in [-0.15, -0.1) is 6.26 Å². The molecule has 1 rings (SSSR count). The van der Waals surface area contributed by atoms with E-state index in [9.17, 15) is 9.90 Å². The van der Waals surface area contributed by atoms with E-state index in [4.69, 9.17) is 23.2 Å². The Bertz CT molecular complexity index is 364. The van der Waals surface area contributed by atoms with Crippen molar-refractivity contribution in [2.45, 2.75) is 0 Å². The minimum Gasteiger partial charge on any atom is -0.878 e. The van der Waals surface area contributed by atoms with E-state index in [1.807, 2.05) is 0 Å². The van der Waals surface area contributed by atoms with Gasteiger partial charge in [-0.1, -0.05) is 23.2 Å². The Hall–Kier alpha value is 0.0100. The third-order valence-corrected chi connectivity index (χ3v) is 1.96. The molecule has 0 aromatic heterocycles. The average Bonchev–Trinajstić information content (AvgIpc) is 2.04. The summed E-state index contributed by atoms with van der Waals surface area (Å²) in [7, 11) is 0. The molecular formula is C9H5Cl2NaO2. The first-order valence-corrected chi connectivity index (χ1v) is 4.18. The Labute approximate surface area is 114 Å². The van der Waals surface area contributed by atoms with Crippen LogP contribution in [0, 0.1) is 0 Å². The van der Waals surface area contributed by atoms with Crippen LogP contribution < -0.4 is 34.7 Å². The number of halogens is 2. The maximum absolute atomic E-state index is 11.2. The summed E-state index contributed by atoms with van der Waals surface area (Å²) in [5, 5.41) is 10.7. The van der Waals surface area contributed by atoms with Gasteiger partial charge in [0, 0.05) is 10.6 Å². The van der Waals surface area contributed by atoms with Gasteiger partial charge in [0.1, 0.15) is 0 Å². The summed E-state index contributed by atoms with van der Waals surface area (Å²) in [6.07, 6.45) is 1.34. The van der Waals surface area contributed by atoms with Gasteiger partial charge in [-0.05, 0) is 24.3 Å². The second kappa shape index (κ2) is 6.49. The fraction of sp³-hybridized carbons (Fsp3) is 0. The molecule has 0 fully saturated rings. The van der Waals surface area contributed by atoms with Crippen LogP contribution in [0.15, 0.2) is 30.5 Å². The zero-order valence-electron chi connectivity index (χ0n) is 7.46. The first-order valence-electron chi connectivity index (χ1n) is 3.43. The predicted molar refractivity (Wildman–Crippen MR) is 49.9 cm³/mol. The zero-order valence-corrected chi connectivity index (χ0v) is 11.0. The summed E-state index contributed by atoms with van der Waals surface area (Å²) in [5.74, 6) is -0.420. The van der Waals surface area contributed by atoms with Crippen molar-refractivity contribution in [3.8, 4) is 0 Å². The van der Waals surface area contributed by atoms with Crippen LogP contribution in [0.1, 0.15) is 10.4 Å². The molecule has 0 atom stereocenters. The van der Waals surface area contributed by atoms with E-state index in [0.717, 1.165) is 6.08 Å². The number of allylic oxidation sites excluding steroid dienone is 1. The third kappa shape index (κ3) is 3.64. The van der Waals surface area contributed by atoms with Gasteiger partial charge in [-0.25, -0.2) is 0 Å². The molecule has 0 amide bonds. The fourth-order valence-electron chi connectivity index (χ4n) is 0.841. The average molecular weight is 239 g/mol. The van der Waals surface area contributed by atoms with E-state index < -0.39 is 5.78 Å². The molecule has 0 aliphatic rings. The number of rotatable bonds is 2. The number of carbonyl (C=O) groups excluding carboxylic acids is 1. The van der Waals surface area contributed by atoms with Gasteiger partial charge in [0.2, 0.25) is 0 Å². The molecule has 0 heterocycles. The van der Waals surface area contributed by atoms with E-state index >= 15 is 0 Å². The fourth-order valence-corrected chi connectivity index (χ4v) is 1.34. The van der Waals surface area contributed by atoms with Crippen LogP contribution in [0.4, 0.5) is 0 Å². The number of carbonyl (C=O) groups is 1. The maximum Gasteiger partial charge on any atom is 1.00 e. The van der Waals surface area contributed by atoms with Gasteiger partial charge in [-0.2, -0.15) is 0 Å². The molecule has 68 valence electrons. The van der Waals surface area contributed by atoms with Crippen LogP contribution in [-0.2, 0) is 0 Å². The van der Waals surface area contributed by atoms with E-state index in [2.05, 4.69) is 0 Å². The molecule has 14 heavy (non-hydrogen) atoms. The molecule has 0 bridgehead atoms. The van der Waals surface area contributed by atoms with Crippen LogP contribution in [0.2, 0.25) is 10.0 Å². The first kappa shape index (κ1) is 14.0. The molecule has 1 aromatic rings. The topological polar surface area (TPSA) is 40.1 Å². The predicted octanol–water partition coefficient (Wildman–Crippen LogP) is -0.946. The Balaban J connectivity index is 0.00000169. The smallest absolute Gasteiger partial charge is 0.878 e. The van der Waals surface area contributed by atoms with Crippen molar-refractivity contribution < 1.29 is 39.5 Å². The largest absolute Gasteiger partial charge is 1.00 e. The van der Waals surface area contributed by atoms with Gasteiger partial charge in [0.15, 0.2) is 5.78 Å². The van der Waals surface area contributed by atoms with Crippen molar-refractivity contribution >= 4 is 29.0 Å². The summed E-state index contributed by atoms with van der Waals surface area (Å²) < 4.78 is 0. The molecule has 0 radical (unpaired) electrons. The molecule has 0 spiro atoms. The Morgan fingerprint density at radius 3 is 2.50 bits per heavy atom. The number of ketones is 1. The van der Waals surface area contributed by atoms with Crippen molar-refractivity contribution in [2.24, 2.45) is 0 Å². The van der Waals surface area contributed by atoms with Gasteiger partial charge in [0.05, 0.1) is 5.02 Å². The van der Waals surface area contributed by atoms with Crippen molar-refractivity contribution in [1.29, 1.82) is 0 Å². The molecule has 0 saturated heterocycles. The first-order chi connectivity index (χ1) is 6.15. The second-order valence-corrected chi connectivity index (χ2v) is 3.13. The molecular weight excluding hydrogens is 234 g/mol. The van der Waals surface area contributed by atoms with Gasteiger partial charge < -0.3 is 5.11 Å². The normalized spacial score (nSPS) is 9.86. The van der Waals surface area contributed by atoms with Gasteiger partial charge >= 0.3 is 29.6 Å². The Morgan fingerprint density at radius 1 is 1.36 bits per heavy atom. The Morgan fingerprint density at radius 2 is 2.00 bits per heavy atom. The number of benzene rings is 1. The summed E-state index contributed by atoms with van der Waals surface area (Å²) >= 11 is 11.3. The molecule has 0 aliphatic carbocycles. The monoisotopic (exact) mass is 238 g/mol. The van der Waals surface area contributed by atoms with E-state index in [1.165, 1.54) is 12.1 Å². The summed E-state index contributed by atoms with van der Waals surface area (Å²) in [6, 6.07) is 4.47. The molecule has 0 aliphatic heterocycles. The third-order valence-electron chi connectivity index (χ3n) is 1.42. The molecule has 0 unspecified atom stereocenters. The molecule has 2 nitrogen and oxygen atoms in total. The minimum atomic E-state index is -0.420. The number of hydrogen-bond acceptors (Lipinski definition) is 2.